The van der Waals surface area contributed by atoms with E-state index < -0.39 is 5.91 Å². The Balaban J connectivity index is 1.88. The molecule has 4 nitrogen and oxygen atoms in total. The van der Waals surface area contributed by atoms with Crippen molar-refractivity contribution in [3.05, 3.63) is 50.7 Å². The summed E-state index contributed by atoms with van der Waals surface area (Å²) in [6, 6.07) is 7.26. The summed E-state index contributed by atoms with van der Waals surface area (Å²) in [5, 5.41) is 2.81. The minimum Gasteiger partial charge on any atom is -0.366 e. The Morgan fingerprint density at radius 2 is 2.10 bits per heavy atom. The second-order valence-electron chi connectivity index (χ2n) is 5.23. The molecule has 0 atom stereocenters. The van der Waals surface area contributed by atoms with Crippen LogP contribution >= 0.6 is 11.3 Å². The van der Waals surface area contributed by atoms with E-state index in [1.54, 1.807) is 25.1 Å². The van der Waals surface area contributed by atoms with Crippen molar-refractivity contribution < 1.29 is 9.59 Å². The molecule has 3 rings (SSSR count). The van der Waals surface area contributed by atoms with Gasteiger partial charge in [0.25, 0.3) is 11.8 Å². The Hall–Kier alpha value is -2.14. The van der Waals surface area contributed by atoms with Gasteiger partial charge in [-0.15, -0.1) is 11.3 Å². The number of rotatable bonds is 3. The molecule has 0 unspecified atom stereocenters. The Morgan fingerprint density at radius 3 is 2.81 bits per heavy atom. The summed E-state index contributed by atoms with van der Waals surface area (Å²) >= 11 is 1.54. The Bertz CT molecular complexity index is 712. The molecule has 1 aromatic heterocycles. The molecule has 0 bridgehead atoms. The van der Waals surface area contributed by atoms with Crippen LogP contribution in [0.15, 0.2) is 24.3 Å². The number of thiophene rings is 1. The molecular formula is C16H16N2O2S. The summed E-state index contributed by atoms with van der Waals surface area (Å²) in [7, 11) is 0. The number of hydrogen-bond donors (Lipinski definition) is 2. The lowest BCUT2D eigenvalue weighted by molar-refractivity contribution is 0.100. The van der Waals surface area contributed by atoms with Gasteiger partial charge in [0.05, 0.1) is 16.1 Å². The molecule has 3 N–H and O–H groups in total. The number of primary amides is 1. The minimum atomic E-state index is -0.530. The van der Waals surface area contributed by atoms with E-state index >= 15 is 0 Å². The fraction of sp³-hybridized carbons (Fsp3) is 0.250. The molecule has 0 saturated carbocycles. The number of nitrogens with one attached hydrogen (secondary N) is 1. The first-order valence-corrected chi connectivity index (χ1v) is 7.70. The van der Waals surface area contributed by atoms with Crippen molar-refractivity contribution in [3.8, 4) is 0 Å². The lowest BCUT2D eigenvalue weighted by Crippen LogP contribution is -2.19. The van der Waals surface area contributed by atoms with Crippen molar-refractivity contribution >= 4 is 28.8 Å². The van der Waals surface area contributed by atoms with Crippen molar-refractivity contribution in [3.63, 3.8) is 0 Å². The van der Waals surface area contributed by atoms with Crippen molar-refractivity contribution in [1.82, 2.24) is 0 Å². The van der Waals surface area contributed by atoms with Gasteiger partial charge in [0.15, 0.2) is 0 Å². The predicted octanol–water partition coefficient (Wildman–Crippen LogP) is 2.90. The number of fused-ring (bicyclic) bond motifs is 1. The molecule has 0 radical (unpaired) electrons. The maximum atomic E-state index is 12.4. The van der Waals surface area contributed by atoms with Gasteiger partial charge in [-0.3, -0.25) is 9.59 Å². The van der Waals surface area contributed by atoms with Crippen LogP contribution in [0.5, 0.6) is 0 Å². The largest absolute Gasteiger partial charge is 0.366 e. The first-order valence-electron chi connectivity index (χ1n) is 6.88. The number of carbonyl (C=O) groups excluding carboxylic acids is 2. The Kier molecular flexibility index (Phi) is 3.51. The third-order valence-electron chi connectivity index (χ3n) is 3.74. The molecule has 2 amide bonds. The normalized spacial score (nSPS) is 13.0. The molecule has 1 aromatic carbocycles. The Labute approximate surface area is 127 Å². The first-order chi connectivity index (χ1) is 10.1. The highest BCUT2D eigenvalue weighted by molar-refractivity contribution is 7.14. The molecule has 0 aliphatic heterocycles. The molecule has 0 saturated heterocycles. The summed E-state index contributed by atoms with van der Waals surface area (Å²) in [5.41, 5.74) is 8.28. The summed E-state index contributed by atoms with van der Waals surface area (Å²) in [6.07, 6.45) is 3.28. The van der Waals surface area contributed by atoms with Crippen LogP contribution in [0, 0.1) is 6.92 Å². The van der Waals surface area contributed by atoms with Gasteiger partial charge in [-0.2, -0.15) is 0 Å². The molecule has 0 spiro atoms. The number of hydrogen-bond acceptors (Lipinski definition) is 3. The predicted molar refractivity (Wildman–Crippen MR) is 84.0 cm³/mol. The van der Waals surface area contributed by atoms with Crippen molar-refractivity contribution in [2.75, 3.05) is 5.32 Å². The number of carbonyl (C=O) groups is 2. The van der Waals surface area contributed by atoms with E-state index in [0.29, 0.717) is 16.1 Å². The number of nitrogens with two attached hydrogens (primary N) is 1. The van der Waals surface area contributed by atoms with Gasteiger partial charge in [-0.05, 0) is 49.4 Å². The highest BCUT2D eigenvalue weighted by atomic mass is 32.1. The van der Waals surface area contributed by atoms with Crippen molar-refractivity contribution in [1.29, 1.82) is 0 Å². The highest BCUT2D eigenvalue weighted by Gasteiger charge is 2.20. The second-order valence-corrected chi connectivity index (χ2v) is 6.37. The molecule has 1 aliphatic carbocycles. The van der Waals surface area contributed by atoms with Gasteiger partial charge >= 0.3 is 0 Å². The van der Waals surface area contributed by atoms with Crippen LogP contribution in [0.2, 0.25) is 0 Å². The van der Waals surface area contributed by atoms with Crippen LogP contribution in [-0.4, -0.2) is 11.8 Å². The number of anilines is 1. The quantitative estimate of drug-likeness (QED) is 0.915. The first kappa shape index (κ1) is 13.8. The molecule has 21 heavy (non-hydrogen) atoms. The van der Waals surface area contributed by atoms with Gasteiger partial charge in [0.2, 0.25) is 0 Å². The zero-order valence-electron chi connectivity index (χ0n) is 11.7. The number of benzene rings is 1. The zero-order chi connectivity index (χ0) is 15.0. The number of amides is 2. The van der Waals surface area contributed by atoms with Crippen LogP contribution in [0.25, 0.3) is 0 Å². The molecule has 1 heterocycles. The molecule has 2 aromatic rings. The van der Waals surface area contributed by atoms with Gasteiger partial charge in [0, 0.05) is 4.88 Å². The van der Waals surface area contributed by atoms with E-state index in [0.717, 1.165) is 18.4 Å². The average molecular weight is 300 g/mol. The van der Waals surface area contributed by atoms with Crippen LogP contribution in [0.4, 0.5) is 5.69 Å². The van der Waals surface area contributed by atoms with Crippen LogP contribution < -0.4 is 11.1 Å². The topological polar surface area (TPSA) is 72.2 Å². The van der Waals surface area contributed by atoms with Gasteiger partial charge in [0.1, 0.15) is 0 Å². The van der Waals surface area contributed by atoms with Crippen LogP contribution in [0.1, 0.15) is 42.5 Å². The monoisotopic (exact) mass is 300 g/mol. The summed E-state index contributed by atoms with van der Waals surface area (Å²) in [4.78, 5) is 25.9. The van der Waals surface area contributed by atoms with E-state index in [4.69, 9.17) is 5.73 Å². The van der Waals surface area contributed by atoms with E-state index in [-0.39, 0.29) is 5.91 Å². The molecular weight excluding hydrogens is 284 g/mol. The van der Waals surface area contributed by atoms with Gasteiger partial charge in [-0.25, -0.2) is 0 Å². The van der Waals surface area contributed by atoms with Crippen molar-refractivity contribution in [2.24, 2.45) is 5.73 Å². The Morgan fingerprint density at radius 1 is 1.29 bits per heavy atom. The van der Waals surface area contributed by atoms with E-state index in [2.05, 4.69) is 5.32 Å². The van der Waals surface area contributed by atoms with Gasteiger partial charge in [-0.1, -0.05) is 12.1 Å². The summed E-state index contributed by atoms with van der Waals surface area (Å²) in [5.74, 6) is -0.709. The third-order valence-corrected chi connectivity index (χ3v) is 4.97. The van der Waals surface area contributed by atoms with Gasteiger partial charge < -0.3 is 11.1 Å². The average Bonchev–Trinajstić information content (AvgIpc) is 2.98. The molecule has 5 heteroatoms. The standard InChI is InChI=1S/C16H16N2O2S/c1-9-4-2-6-11(14(9)15(17)19)18-16(20)13-8-10-5-3-7-12(10)21-13/h2,4,6,8H,3,5,7H2,1H3,(H2,17,19)(H,18,20). The molecule has 0 fully saturated rings. The third kappa shape index (κ3) is 2.56. The molecule has 108 valence electrons. The SMILES string of the molecule is Cc1cccc(NC(=O)c2cc3c(s2)CCC3)c1C(N)=O. The summed E-state index contributed by atoms with van der Waals surface area (Å²) < 4.78 is 0. The van der Waals surface area contributed by atoms with Crippen molar-refractivity contribution in [2.45, 2.75) is 26.2 Å². The fourth-order valence-corrected chi connectivity index (χ4v) is 3.87. The lowest BCUT2D eigenvalue weighted by atomic mass is 10.1. The highest BCUT2D eigenvalue weighted by Crippen LogP contribution is 2.31. The number of aryl methyl sites for hydroxylation is 3. The lowest BCUT2D eigenvalue weighted by Gasteiger charge is -2.10. The van der Waals surface area contributed by atoms with E-state index in [1.165, 1.54) is 28.2 Å². The van der Waals surface area contributed by atoms with Crippen LogP contribution in [0.3, 0.4) is 0 Å². The van der Waals surface area contributed by atoms with E-state index in [1.807, 2.05) is 6.07 Å². The van der Waals surface area contributed by atoms with E-state index in [9.17, 15) is 9.59 Å². The second kappa shape index (κ2) is 5.33. The van der Waals surface area contributed by atoms with Crippen LogP contribution in [-0.2, 0) is 12.8 Å². The zero-order valence-corrected chi connectivity index (χ0v) is 12.5. The maximum absolute atomic E-state index is 12.4. The minimum absolute atomic E-state index is 0.178. The summed E-state index contributed by atoms with van der Waals surface area (Å²) in [6.45, 7) is 1.80. The maximum Gasteiger partial charge on any atom is 0.265 e. The smallest absolute Gasteiger partial charge is 0.265 e. The fourth-order valence-electron chi connectivity index (χ4n) is 2.72. The molecule has 1 aliphatic rings.